The molecule has 2 aromatic heterocycles. The van der Waals surface area contributed by atoms with Crippen LogP contribution in [-0.4, -0.2) is 30.1 Å². The number of nitrogens with zero attached hydrogens (tertiary/aromatic N) is 5. The molecule has 0 amide bonds. The van der Waals surface area contributed by atoms with Gasteiger partial charge in [0.2, 0.25) is 5.13 Å². The molecule has 0 aromatic carbocycles. The third kappa shape index (κ3) is 1.96. The van der Waals surface area contributed by atoms with Gasteiger partial charge in [0.1, 0.15) is 10.8 Å². The maximum absolute atomic E-state index is 8.94. The Bertz CT molecular complexity index is 478. The molecule has 2 rings (SSSR count). The van der Waals surface area contributed by atoms with Crippen LogP contribution >= 0.6 is 11.3 Å². The van der Waals surface area contributed by atoms with Crippen LogP contribution in [0.15, 0.2) is 0 Å². The smallest absolute Gasteiger partial charge is 0.234 e. The number of aryl methyl sites for hydroxylation is 2. The average Bonchev–Trinajstić information content (AvgIpc) is 2.94. The fourth-order valence-electron chi connectivity index (χ4n) is 1.32. The van der Waals surface area contributed by atoms with Crippen molar-refractivity contribution >= 4 is 11.3 Å². The molecule has 86 valence electrons. The average molecular weight is 239 g/mol. The van der Waals surface area contributed by atoms with Crippen molar-refractivity contribution in [2.24, 2.45) is 0 Å². The van der Waals surface area contributed by atoms with Gasteiger partial charge in [-0.1, -0.05) is 25.2 Å². The molecular weight excluding hydrogens is 226 g/mol. The lowest BCUT2D eigenvalue weighted by Gasteiger charge is -1.96. The van der Waals surface area contributed by atoms with E-state index < -0.39 is 0 Å². The maximum Gasteiger partial charge on any atom is 0.234 e. The molecule has 0 saturated heterocycles. The van der Waals surface area contributed by atoms with Gasteiger partial charge in [0, 0.05) is 12.8 Å². The van der Waals surface area contributed by atoms with E-state index in [9.17, 15) is 0 Å². The zero-order valence-electron chi connectivity index (χ0n) is 9.21. The summed E-state index contributed by atoms with van der Waals surface area (Å²) in [4.78, 5) is 4.39. The minimum absolute atomic E-state index is 0.0888. The Labute approximate surface area is 97.0 Å². The number of aromatic nitrogens is 5. The lowest BCUT2D eigenvalue weighted by atomic mass is 10.4. The number of hydrogen-bond donors (Lipinski definition) is 1. The summed E-state index contributed by atoms with van der Waals surface area (Å²) in [6.07, 6.45) is 1.59. The lowest BCUT2D eigenvalue weighted by molar-refractivity contribution is 0.280. The zero-order valence-corrected chi connectivity index (χ0v) is 10.0. The van der Waals surface area contributed by atoms with Crippen molar-refractivity contribution in [3.63, 3.8) is 0 Å². The van der Waals surface area contributed by atoms with E-state index in [2.05, 4.69) is 20.3 Å². The van der Waals surface area contributed by atoms with Crippen molar-refractivity contribution in [2.75, 3.05) is 0 Å². The van der Waals surface area contributed by atoms with Gasteiger partial charge in [0.05, 0.1) is 6.61 Å². The molecule has 7 heteroatoms. The van der Waals surface area contributed by atoms with Gasteiger partial charge in [-0.3, -0.25) is 0 Å². The number of aliphatic hydroxyl groups excluding tert-OH is 1. The number of hydrogen-bond acceptors (Lipinski definition) is 6. The van der Waals surface area contributed by atoms with E-state index in [1.54, 1.807) is 4.68 Å². The Morgan fingerprint density at radius 1 is 1.25 bits per heavy atom. The minimum atomic E-state index is -0.0888. The fraction of sp³-hybridized carbons (Fsp3) is 0.556. The molecular formula is C9H13N5OS. The van der Waals surface area contributed by atoms with Crippen LogP contribution in [0.3, 0.4) is 0 Å². The van der Waals surface area contributed by atoms with Crippen molar-refractivity contribution in [1.82, 2.24) is 25.0 Å². The first-order valence-corrected chi connectivity index (χ1v) is 5.98. The maximum atomic E-state index is 8.94. The predicted molar refractivity (Wildman–Crippen MR) is 59.5 cm³/mol. The third-order valence-electron chi connectivity index (χ3n) is 2.12. The monoisotopic (exact) mass is 239 g/mol. The summed E-state index contributed by atoms with van der Waals surface area (Å²) in [6, 6.07) is 0. The van der Waals surface area contributed by atoms with E-state index in [0.29, 0.717) is 10.1 Å². The highest BCUT2D eigenvalue weighted by atomic mass is 32.1. The van der Waals surface area contributed by atoms with E-state index >= 15 is 0 Å². The van der Waals surface area contributed by atoms with Gasteiger partial charge in [-0.15, -0.1) is 15.3 Å². The quantitative estimate of drug-likeness (QED) is 0.851. The second kappa shape index (κ2) is 4.67. The van der Waals surface area contributed by atoms with Gasteiger partial charge in [-0.05, 0) is 0 Å². The normalized spacial score (nSPS) is 10.9. The van der Waals surface area contributed by atoms with Gasteiger partial charge in [-0.25, -0.2) is 4.98 Å². The summed E-state index contributed by atoms with van der Waals surface area (Å²) in [6.45, 7) is 3.95. The first-order valence-electron chi connectivity index (χ1n) is 5.16. The molecule has 0 aliphatic carbocycles. The van der Waals surface area contributed by atoms with Gasteiger partial charge >= 0.3 is 0 Å². The topological polar surface area (TPSA) is 76.7 Å². The summed E-state index contributed by atoms with van der Waals surface area (Å²) < 4.78 is 1.70. The van der Waals surface area contributed by atoms with Gasteiger partial charge in [-0.2, -0.15) is 4.68 Å². The van der Waals surface area contributed by atoms with E-state index in [4.69, 9.17) is 5.11 Å². The first-order chi connectivity index (χ1) is 7.78. The standard InChI is InChI=1S/C9H13N5OS/c1-3-6-10-7(4-2)14(13-6)9-12-11-8(5-15)16-9/h15H,3-5H2,1-2H3. The van der Waals surface area contributed by atoms with Crippen LogP contribution in [0.5, 0.6) is 0 Å². The predicted octanol–water partition coefficient (Wildman–Crippen LogP) is 0.736. The molecule has 0 aliphatic rings. The van der Waals surface area contributed by atoms with Crippen molar-refractivity contribution in [3.8, 4) is 5.13 Å². The van der Waals surface area contributed by atoms with E-state index in [1.165, 1.54) is 11.3 Å². The molecule has 0 atom stereocenters. The van der Waals surface area contributed by atoms with Gasteiger partial charge in [0.15, 0.2) is 5.82 Å². The van der Waals surface area contributed by atoms with Crippen molar-refractivity contribution in [3.05, 3.63) is 16.7 Å². The van der Waals surface area contributed by atoms with E-state index in [1.807, 2.05) is 13.8 Å². The Morgan fingerprint density at radius 3 is 2.62 bits per heavy atom. The van der Waals surface area contributed by atoms with Crippen molar-refractivity contribution in [2.45, 2.75) is 33.3 Å². The minimum Gasteiger partial charge on any atom is -0.389 e. The molecule has 2 aromatic rings. The summed E-state index contributed by atoms with van der Waals surface area (Å²) in [5.74, 6) is 1.68. The highest BCUT2D eigenvalue weighted by Gasteiger charge is 2.13. The SMILES string of the molecule is CCc1nc(CC)n(-c2nnc(CO)s2)n1. The Balaban J connectivity index is 2.41. The summed E-state index contributed by atoms with van der Waals surface area (Å²) in [5, 5.41) is 22.4. The molecule has 2 heterocycles. The van der Waals surface area contributed by atoms with Crippen molar-refractivity contribution < 1.29 is 5.11 Å². The van der Waals surface area contributed by atoms with Crippen LogP contribution in [0.1, 0.15) is 30.5 Å². The lowest BCUT2D eigenvalue weighted by Crippen LogP contribution is -2.01. The molecule has 0 saturated carbocycles. The molecule has 1 N–H and O–H groups in total. The number of aliphatic hydroxyl groups is 1. The highest BCUT2D eigenvalue weighted by Crippen LogP contribution is 2.16. The summed E-state index contributed by atoms with van der Waals surface area (Å²) in [5.41, 5.74) is 0. The Kier molecular flexibility index (Phi) is 3.25. The molecule has 6 nitrogen and oxygen atoms in total. The van der Waals surface area contributed by atoms with Crippen LogP contribution in [0.25, 0.3) is 5.13 Å². The van der Waals surface area contributed by atoms with Gasteiger partial charge < -0.3 is 5.11 Å². The summed E-state index contributed by atoms with van der Waals surface area (Å²) >= 11 is 1.33. The highest BCUT2D eigenvalue weighted by molar-refractivity contribution is 7.13. The molecule has 0 unspecified atom stereocenters. The van der Waals surface area contributed by atoms with Crippen molar-refractivity contribution in [1.29, 1.82) is 0 Å². The fourth-order valence-corrected chi connectivity index (χ4v) is 1.99. The molecule has 16 heavy (non-hydrogen) atoms. The third-order valence-corrected chi connectivity index (χ3v) is 3.01. The van der Waals surface area contributed by atoms with E-state index in [0.717, 1.165) is 24.5 Å². The first kappa shape index (κ1) is 11.2. The van der Waals surface area contributed by atoms with E-state index in [-0.39, 0.29) is 6.61 Å². The Morgan fingerprint density at radius 2 is 2.06 bits per heavy atom. The molecule has 0 aliphatic heterocycles. The second-order valence-corrected chi connectivity index (χ2v) is 4.24. The molecule has 0 radical (unpaired) electrons. The number of rotatable bonds is 4. The summed E-state index contributed by atoms with van der Waals surface area (Å²) in [7, 11) is 0. The largest absolute Gasteiger partial charge is 0.389 e. The molecule has 0 fully saturated rings. The molecule has 0 bridgehead atoms. The van der Waals surface area contributed by atoms with Crippen LogP contribution in [0, 0.1) is 0 Å². The van der Waals surface area contributed by atoms with Crippen LogP contribution in [0.4, 0.5) is 0 Å². The van der Waals surface area contributed by atoms with Gasteiger partial charge in [0.25, 0.3) is 0 Å². The van der Waals surface area contributed by atoms with Crippen LogP contribution in [0.2, 0.25) is 0 Å². The Hall–Kier alpha value is -1.34. The molecule has 0 spiro atoms. The van der Waals surface area contributed by atoms with Crippen LogP contribution in [-0.2, 0) is 19.4 Å². The zero-order chi connectivity index (χ0) is 11.5. The van der Waals surface area contributed by atoms with Crippen LogP contribution < -0.4 is 0 Å². The second-order valence-electron chi connectivity index (χ2n) is 3.20.